The van der Waals surface area contributed by atoms with Crippen LogP contribution in [0.3, 0.4) is 0 Å². The zero-order valence-corrected chi connectivity index (χ0v) is 20.0. The first-order chi connectivity index (χ1) is 15.3. The minimum Gasteiger partial charge on any atom is -0.496 e. The van der Waals surface area contributed by atoms with E-state index in [2.05, 4.69) is 52.0 Å². The molecule has 1 aliphatic heterocycles. The fourth-order valence-electron chi connectivity index (χ4n) is 5.05. The average molecular weight is 432 g/mol. The summed E-state index contributed by atoms with van der Waals surface area (Å²) in [5.41, 5.74) is 7.24. The number of benzene rings is 2. The van der Waals surface area contributed by atoms with Crippen molar-refractivity contribution in [2.45, 2.75) is 41.0 Å². The molecule has 32 heavy (non-hydrogen) atoms. The van der Waals surface area contributed by atoms with Crippen LogP contribution in [0.5, 0.6) is 5.75 Å². The highest BCUT2D eigenvalue weighted by molar-refractivity contribution is 6.00. The number of nitrogens with zero attached hydrogens (tertiary/aromatic N) is 1. The summed E-state index contributed by atoms with van der Waals surface area (Å²) in [6, 6.07) is 10.5. The van der Waals surface area contributed by atoms with Crippen LogP contribution in [0.4, 0.5) is 0 Å². The third kappa shape index (κ3) is 4.32. The summed E-state index contributed by atoms with van der Waals surface area (Å²) in [5.74, 6) is 1.85. The number of hydrogen-bond acceptors (Lipinski definition) is 3. The molecule has 4 rings (SSSR count). The Balaban J connectivity index is 1.74. The second-order valence-corrected chi connectivity index (χ2v) is 9.53. The van der Waals surface area contributed by atoms with Gasteiger partial charge in [-0.15, -0.1) is 0 Å². The molecule has 1 amide bonds. The maximum Gasteiger partial charge on any atom is 0.246 e. The molecule has 3 aromatic rings. The summed E-state index contributed by atoms with van der Waals surface area (Å²) in [6.07, 6.45) is 4.75. The van der Waals surface area contributed by atoms with Gasteiger partial charge in [-0.3, -0.25) is 4.79 Å². The van der Waals surface area contributed by atoms with Gasteiger partial charge in [-0.2, -0.15) is 0 Å². The molecule has 4 nitrogen and oxygen atoms in total. The minimum atomic E-state index is 0.0739. The van der Waals surface area contributed by atoms with Gasteiger partial charge in [0.2, 0.25) is 5.91 Å². The van der Waals surface area contributed by atoms with E-state index in [9.17, 15) is 4.79 Å². The van der Waals surface area contributed by atoms with Crippen molar-refractivity contribution >= 4 is 22.4 Å². The number of likely N-dealkylation sites (tertiary alicyclic amines) is 1. The van der Waals surface area contributed by atoms with Crippen molar-refractivity contribution in [3.05, 3.63) is 59.4 Å². The Kier molecular flexibility index (Phi) is 6.14. The summed E-state index contributed by atoms with van der Waals surface area (Å²) in [4.78, 5) is 15.0. The smallest absolute Gasteiger partial charge is 0.246 e. The number of ether oxygens (including phenoxy) is 1. The standard InChI is InChI=1S/C28H33NO3/c1-17-7-8-22(20(4)10-17)25-16-32-27-13-26(31-6)23(12-24(25)27)21(5)11-28(30)29-14-18(2)9-19(3)15-29/h7-8,10-13,16,18-19H,9,14-15H2,1-6H3/b21-11+. The molecular weight excluding hydrogens is 398 g/mol. The Morgan fingerprint density at radius 3 is 2.47 bits per heavy atom. The zero-order chi connectivity index (χ0) is 23.0. The molecule has 0 radical (unpaired) electrons. The van der Waals surface area contributed by atoms with Crippen LogP contribution in [0, 0.1) is 25.7 Å². The lowest BCUT2D eigenvalue weighted by Gasteiger charge is -2.34. The van der Waals surface area contributed by atoms with Crippen molar-refractivity contribution in [1.29, 1.82) is 0 Å². The number of methoxy groups -OCH3 is 1. The summed E-state index contributed by atoms with van der Waals surface area (Å²) in [6.45, 7) is 12.3. The van der Waals surface area contributed by atoms with E-state index in [1.807, 2.05) is 24.2 Å². The number of fused-ring (bicyclic) bond motifs is 1. The van der Waals surface area contributed by atoms with Gasteiger partial charge in [-0.05, 0) is 61.8 Å². The van der Waals surface area contributed by atoms with Crippen molar-refractivity contribution in [3.8, 4) is 16.9 Å². The first kappa shape index (κ1) is 22.2. The number of amides is 1. The molecule has 1 aromatic heterocycles. The molecule has 168 valence electrons. The van der Waals surface area contributed by atoms with Crippen LogP contribution in [0.1, 0.15) is 43.9 Å². The lowest BCUT2D eigenvalue weighted by atomic mass is 9.91. The van der Waals surface area contributed by atoms with Crippen LogP contribution in [-0.2, 0) is 4.79 Å². The molecule has 1 aliphatic rings. The maximum atomic E-state index is 13.0. The molecular formula is C28H33NO3. The van der Waals surface area contributed by atoms with E-state index < -0.39 is 0 Å². The molecule has 2 aromatic carbocycles. The molecule has 4 heteroatoms. The first-order valence-electron chi connectivity index (χ1n) is 11.4. The Hall–Kier alpha value is -3.01. The van der Waals surface area contributed by atoms with Gasteiger partial charge in [0, 0.05) is 41.7 Å². The van der Waals surface area contributed by atoms with E-state index in [-0.39, 0.29) is 5.91 Å². The number of allylic oxidation sites excluding steroid dienone is 1. The molecule has 0 spiro atoms. The summed E-state index contributed by atoms with van der Waals surface area (Å²) >= 11 is 0. The molecule has 2 heterocycles. The Labute approximate surface area is 190 Å². The van der Waals surface area contributed by atoms with Crippen molar-refractivity contribution in [2.24, 2.45) is 11.8 Å². The van der Waals surface area contributed by atoms with Crippen molar-refractivity contribution in [2.75, 3.05) is 20.2 Å². The normalized spacial score (nSPS) is 19.4. The fourth-order valence-corrected chi connectivity index (χ4v) is 5.05. The minimum absolute atomic E-state index is 0.0739. The molecule has 0 saturated carbocycles. The van der Waals surface area contributed by atoms with Gasteiger partial charge in [-0.1, -0.05) is 37.6 Å². The van der Waals surface area contributed by atoms with E-state index >= 15 is 0 Å². The molecule has 1 fully saturated rings. The lowest BCUT2D eigenvalue weighted by molar-refractivity contribution is -0.128. The Bertz CT molecular complexity index is 1180. The van der Waals surface area contributed by atoms with Gasteiger partial charge < -0.3 is 14.1 Å². The second-order valence-electron chi connectivity index (χ2n) is 9.53. The highest BCUT2D eigenvalue weighted by Gasteiger charge is 2.25. The molecule has 1 saturated heterocycles. The summed E-state index contributed by atoms with van der Waals surface area (Å²) in [7, 11) is 1.65. The highest BCUT2D eigenvalue weighted by atomic mass is 16.5. The first-order valence-corrected chi connectivity index (χ1v) is 11.4. The number of carbonyl (C=O) groups is 1. The van der Waals surface area contributed by atoms with E-state index in [0.29, 0.717) is 17.6 Å². The van der Waals surface area contributed by atoms with Crippen LogP contribution >= 0.6 is 0 Å². The molecule has 0 bridgehead atoms. The van der Waals surface area contributed by atoms with Gasteiger partial charge >= 0.3 is 0 Å². The topological polar surface area (TPSA) is 42.7 Å². The van der Waals surface area contributed by atoms with Gasteiger partial charge in [0.1, 0.15) is 11.3 Å². The third-order valence-electron chi connectivity index (χ3n) is 6.51. The number of aryl methyl sites for hydroxylation is 2. The van der Waals surface area contributed by atoms with Crippen LogP contribution in [0.25, 0.3) is 27.7 Å². The largest absolute Gasteiger partial charge is 0.496 e. The number of piperidine rings is 1. The predicted octanol–water partition coefficient (Wildman–Crippen LogP) is 6.63. The van der Waals surface area contributed by atoms with E-state index in [0.717, 1.165) is 46.3 Å². The average Bonchev–Trinajstić information content (AvgIpc) is 3.14. The van der Waals surface area contributed by atoms with E-state index in [4.69, 9.17) is 9.15 Å². The van der Waals surface area contributed by atoms with E-state index in [1.54, 1.807) is 13.2 Å². The number of furan rings is 1. The molecule has 2 unspecified atom stereocenters. The Morgan fingerprint density at radius 1 is 1.09 bits per heavy atom. The number of hydrogen-bond donors (Lipinski definition) is 0. The Morgan fingerprint density at radius 2 is 1.81 bits per heavy atom. The predicted molar refractivity (Wildman–Crippen MR) is 131 cm³/mol. The second kappa shape index (κ2) is 8.85. The summed E-state index contributed by atoms with van der Waals surface area (Å²) in [5, 5.41) is 1.02. The molecule has 0 N–H and O–H groups in total. The third-order valence-corrected chi connectivity index (χ3v) is 6.51. The van der Waals surface area contributed by atoms with Crippen molar-refractivity contribution in [3.63, 3.8) is 0 Å². The van der Waals surface area contributed by atoms with Gasteiger partial charge in [0.05, 0.1) is 13.4 Å². The van der Waals surface area contributed by atoms with Gasteiger partial charge in [0.15, 0.2) is 0 Å². The molecule has 0 aliphatic carbocycles. The van der Waals surface area contributed by atoms with Crippen LogP contribution in [0.15, 0.2) is 47.1 Å². The molecule has 2 atom stereocenters. The van der Waals surface area contributed by atoms with Crippen LogP contribution in [-0.4, -0.2) is 31.0 Å². The van der Waals surface area contributed by atoms with Gasteiger partial charge in [0.25, 0.3) is 0 Å². The highest BCUT2D eigenvalue weighted by Crippen LogP contribution is 2.38. The number of rotatable bonds is 4. The maximum absolute atomic E-state index is 13.0. The monoisotopic (exact) mass is 431 g/mol. The van der Waals surface area contributed by atoms with Crippen LogP contribution < -0.4 is 4.74 Å². The lowest BCUT2D eigenvalue weighted by Crippen LogP contribution is -2.41. The fraction of sp³-hybridized carbons (Fsp3) is 0.393. The van der Waals surface area contributed by atoms with Crippen molar-refractivity contribution in [1.82, 2.24) is 4.90 Å². The SMILES string of the molecule is COc1cc2occ(-c3ccc(C)cc3C)c2cc1/C(C)=C/C(=O)N1CC(C)CC(C)C1. The van der Waals surface area contributed by atoms with Crippen molar-refractivity contribution < 1.29 is 13.9 Å². The zero-order valence-electron chi connectivity index (χ0n) is 20.0. The van der Waals surface area contributed by atoms with Crippen LogP contribution in [0.2, 0.25) is 0 Å². The number of carbonyl (C=O) groups excluding carboxylic acids is 1. The summed E-state index contributed by atoms with van der Waals surface area (Å²) < 4.78 is 11.6. The van der Waals surface area contributed by atoms with E-state index in [1.165, 1.54) is 17.5 Å². The van der Waals surface area contributed by atoms with Gasteiger partial charge in [-0.25, -0.2) is 0 Å². The quantitative estimate of drug-likeness (QED) is 0.435.